The molecule has 4 heteroatoms. The molecule has 2 aromatic rings. The molecule has 0 radical (unpaired) electrons. The number of likely N-dealkylation sites (tertiary alicyclic amines) is 1. The Kier molecular flexibility index (Phi) is 3.97. The van der Waals surface area contributed by atoms with Gasteiger partial charge in [0.2, 0.25) is 0 Å². The van der Waals surface area contributed by atoms with E-state index in [-0.39, 0.29) is 23.5 Å². The van der Waals surface area contributed by atoms with Crippen molar-refractivity contribution in [3.63, 3.8) is 0 Å². The summed E-state index contributed by atoms with van der Waals surface area (Å²) in [7, 11) is 0. The van der Waals surface area contributed by atoms with Crippen LogP contribution in [0.15, 0.2) is 48.5 Å². The predicted octanol–water partition coefficient (Wildman–Crippen LogP) is 4.17. The van der Waals surface area contributed by atoms with Crippen LogP contribution in [-0.2, 0) is 4.74 Å². The topological polar surface area (TPSA) is 49.8 Å². The highest BCUT2D eigenvalue weighted by Crippen LogP contribution is 2.48. The Morgan fingerprint density at radius 3 is 2.30 bits per heavy atom. The summed E-state index contributed by atoms with van der Waals surface area (Å²) in [5.74, 6) is 0.0920. The molecule has 0 bridgehead atoms. The maximum Gasteiger partial charge on any atom is 0.409 e. The Balaban J connectivity index is 1.31. The van der Waals surface area contributed by atoms with Gasteiger partial charge in [0, 0.05) is 24.4 Å². The summed E-state index contributed by atoms with van der Waals surface area (Å²) in [4.78, 5) is 14.5. The van der Waals surface area contributed by atoms with Crippen LogP contribution >= 0.6 is 0 Å². The van der Waals surface area contributed by atoms with Crippen LogP contribution < -0.4 is 0 Å². The maximum atomic E-state index is 12.7. The van der Waals surface area contributed by atoms with E-state index in [0.717, 1.165) is 19.3 Å². The quantitative estimate of drug-likeness (QED) is 0.871. The molecule has 1 unspecified atom stereocenters. The van der Waals surface area contributed by atoms with Gasteiger partial charge in [-0.25, -0.2) is 4.79 Å². The van der Waals surface area contributed by atoms with Crippen LogP contribution in [0.5, 0.6) is 0 Å². The minimum Gasteiger partial charge on any atom is -0.448 e. The average Bonchev–Trinajstić information content (AvgIpc) is 2.99. The van der Waals surface area contributed by atoms with Crippen molar-refractivity contribution in [3.05, 3.63) is 59.7 Å². The summed E-state index contributed by atoms with van der Waals surface area (Å²) in [6.07, 6.45) is 3.32. The number of amides is 1. The second-order valence-electron chi connectivity index (χ2n) is 8.25. The van der Waals surface area contributed by atoms with Crippen molar-refractivity contribution in [1.29, 1.82) is 0 Å². The Morgan fingerprint density at radius 1 is 1.07 bits per heavy atom. The molecule has 4 nitrogen and oxygen atoms in total. The van der Waals surface area contributed by atoms with Gasteiger partial charge in [-0.3, -0.25) is 0 Å². The molecule has 1 heterocycles. The van der Waals surface area contributed by atoms with Gasteiger partial charge in [-0.1, -0.05) is 55.0 Å². The minimum atomic E-state index is -0.274. The van der Waals surface area contributed by atoms with Crippen molar-refractivity contribution >= 4 is 6.09 Å². The number of nitrogens with zero attached hydrogens (tertiary/aromatic N) is 1. The lowest BCUT2D eigenvalue weighted by molar-refractivity contribution is -0.0875. The predicted molar refractivity (Wildman–Crippen MR) is 104 cm³/mol. The number of carbonyl (C=O) groups excluding carboxylic acids is 1. The lowest BCUT2D eigenvalue weighted by atomic mass is 9.62. The molecule has 0 aromatic heterocycles. The standard InChI is InChI=1S/C23H25NO3/c25-21-10-13-24(15-23(21)11-5-12-23)22(26)27-14-20-18-8-3-1-6-16(18)17-7-2-4-9-19(17)20/h1-4,6-9,20-21,25H,5,10-15H2. The second kappa shape index (κ2) is 6.38. The van der Waals surface area contributed by atoms with E-state index in [2.05, 4.69) is 36.4 Å². The van der Waals surface area contributed by atoms with Gasteiger partial charge in [-0.15, -0.1) is 0 Å². The monoisotopic (exact) mass is 363 g/mol. The van der Waals surface area contributed by atoms with E-state index in [1.165, 1.54) is 22.3 Å². The molecule has 1 atom stereocenters. The number of hydrogen-bond donors (Lipinski definition) is 1. The van der Waals surface area contributed by atoms with Crippen molar-refractivity contribution < 1.29 is 14.6 Å². The zero-order valence-electron chi connectivity index (χ0n) is 15.4. The molecule has 1 amide bonds. The van der Waals surface area contributed by atoms with Gasteiger partial charge in [-0.2, -0.15) is 0 Å². The molecular formula is C23H25NO3. The number of benzene rings is 2. The molecule has 27 heavy (non-hydrogen) atoms. The van der Waals surface area contributed by atoms with Gasteiger partial charge >= 0.3 is 6.09 Å². The van der Waals surface area contributed by atoms with Crippen LogP contribution in [0.1, 0.15) is 42.7 Å². The SMILES string of the molecule is O=C(OCC1c2ccccc2-c2ccccc21)N1CCC(O)C2(CCC2)C1. The van der Waals surface area contributed by atoms with Gasteiger partial charge in [0.25, 0.3) is 0 Å². The number of rotatable bonds is 2. The van der Waals surface area contributed by atoms with Crippen molar-refractivity contribution in [1.82, 2.24) is 4.90 Å². The third kappa shape index (κ3) is 2.66. The van der Waals surface area contributed by atoms with E-state index in [1.54, 1.807) is 4.90 Å². The molecule has 1 spiro atoms. The number of aliphatic hydroxyl groups is 1. The van der Waals surface area contributed by atoms with E-state index < -0.39 is 0 Å². The zero-order valence-corrected chi connectivity index (χ0v) is 15.4. The van der Waals surface area contributed by atoms with Crippen LogP contribution in [-0.4, -0.2) is 41.9 Å². The number of fused-ring (bicyclic) bond motifs is 3. The Bertz CT molecular complexity index is 828. The van der Waals surface area contributed by atoms with E-state index in [1.807, 2.05) is 12.1 Å². The lowest BCUT2D eigenvalue weighted by Crippen LogP contribution is -2.56. The lowest BCUT2D eigenvalue weighted by Gasteiger charge is -2.51. The summed E-state index contributed by atoms with van der Waals surface area (Å²) >= 11 is 0. The second-order valence-corrected chi connectivity index (χ2v) is 8.25. The molecule has 2 aliphatic carbocycles. The average molecular weight is 363 g/mol. The molecule has 2 aromatic carbocycles. The van der Waals surface area contributed by atoms with Crippen LogP contribution in [0.25, 0.3) is 11.1 Å². The van der Waals surface area contributed by atoms with Gasteiger partial charge in [0.1, 0.15) is 6.61 Å². The number of piperidine rings is 1. The summed E-state index contributed by atoms with van der Waals surface area (Å²) < 4.78 is 5.78. The zero-order chi connectivity index (χ0) is 18.4. The van der Waals surface area contributed by atoms with E-state index in [4.69, 9.17) is 4.74 Å². The van der Waals surface area contributed by atoms with Gasteiger partial charge in [0.05, 0.1) is 6.10 Å². The molecule has 5 rings (SSSR count). The normalized spacial score (nSPS) is 22.9. The fourth-order valence-electron chi connectivity index (χ4n) is 5.11. The van der Waals surface area contributed by atoms with Gasteiger partial charge < -0.3 is 14.7 Å². The molecule has 1 N–H and O–H groups in total. The van der Waals surface area contributed by atoms with Crippen LogP contribution in [0.4, 0.5) is 4.79 Å². The smallest absolute Gasteiger partial charge is 0.409 e. The third-order valence-electron chi connectivity index (χ3n) is 6.83. The Labute approximate surface area is 159 Å². The third-order valence-corrected chi connectivity index (χ3v) is 6.83. The van der Waals surface area contributed by atoms with Gasteiger partial charge in [-0.05, 0) is 41.5 Å². The van der Waals surface area contributed by atoms with Crippen LogP contribution in [0, 0.1) is 5.41 Å². The van der Waals surface area contributed by atoms with E-state index >= 15 is 0 Å². The summed E-state index contributed by atoms with van der Waals surface area (Å²) in [6, 6.07) is 16.8. The molecule has 1 saturated carbocycles. The van der Waals surface area contributed by atoms with E-state index in [9.17, 15) is 9.90 Å². The minimum absolute atomic E-state index is 0.0795. The van der Waals surface area contributed by atoms with Crippen molar-refractivity contribution in [2.75, 3.05) is 19.7 Å². The Morgan fingerprint density at radius 2 is 1.70 bits per heavy atom. The highest BCUT2D eigenvalue weighted by atomic mass is 16.6. The first-order valence-electron chi connectivity index (χ1n) is 9.96. The maximum absolute atomic E-state index is 12.7. The molecule has 3 aliphatic rings. The first-order chi connectivity index (χ1) is 13.2. The molecule has 2 fully saturated rings. The largest absolute Gasteiger partial charge is 0.448 e. The van der Waals surface area contributed by atoms with Crippen molar-refractivity contribution in [2.45, 2.75) is 37.7 Å². The number of aliphatic hydroxyl groups excluding tert-OH is 1. The van der Waals surface area contributed by atoms with Gasteiger partial charge in [0.15, 0.2) is 0 Å². The molecule has 140 valence electrons. The molecule has 1 aliphatic heterocycles. The fraction of sp³-hybridized carbons (Fsp3) is 0.435. The first kappa shape index (κ1) is 16.8. The van der Waals surface area contributed by atoms with E-state index in [0.29, 0.717) is 26.1 Å². The fourth-order valence-corrected chi connectivity index (χ4v) is 5.11. The highest BCUT2D eigenvalue weighted by molar-refractivity contribution is 5.79. The summed E-state index contributed by atoms with van der Waals surface area (Å²) in [5, 5.41) is 10.3. The Hall–Kier alpha value is -2.33. The molecular weight excluding hydrogens is 338 g/mol. The van der Waals surface area contributed by atoms with Crippen LogP contribution in [0.2, 0.25) is 0 Å². The van der Waals surface area contributed by atoms with Crippen molar-refractivity contribution in [2.24, 2.45) is 5.41 Å². The number of ether oxygens (including phenoxy) is 1. The molecule has 1 saturated heterocycles. The van der Waals surface area contributed by atoms with Crippen molar-refractivity contribution in [3.8, 4) is 11.1 Å². The highest BCUT2D eigenvalue weighted by Gasteiger charge is 2.48. The number of carbonyl (C=O) groups is 1. The first-order valence-corrected chi connectivity index (χ1v) is 9.96. The summed E-state index contributed by atoms with van der Waals surface area (Å²) in [5.41, 5.74) is 4.86. The van der Waals surface area contributed by atoms with Crippen LogP contribution in [0.3, 0.4) is 0 Å². The number of hydrogen-bond acceptors (Lipinski definition) is 3. The summed E-state index contributed by atoms with van der Waals surface area (Å²) in [6.45, 7) is 1.57.